The Morgan fingerprint density at radius 1 is 0.700 bits per heavy atom. The first-order chi connectivity index (χ1) is 19.2. The lowest BCUT2D eigenvalue weighted by Gasteiger charge is -2.08. The fourth-order valence-electron chi connectivity index (χ4n) is 3.37. The van der Waals surface area contributed by atoms with Crippen LogP contribution in [-0.4, -0.2) is 21.6 Å². The monoisotopic (exact) mass is 684 g/mol. The number of rotatable bonds is 7. The molecule has 0 saturated carbocycles. The van der Waals surface area contributed by atoms with Crippen LogP contribution in [0.15, 0.2) is 106 Å². The Morgan fingerprint density at radius 3 is 1.60 bits per heavy atom. The summed E-state index contributed by atoms with van der Waals surface area (Å²) in [4.78, 5) is -0.0790. The van der Waals surface area contributed by atoms with E-state index in [1.54, 1.807) is 6.07 Å². The van der Waals surface area contributed by atoms with Gasteiger partial charge in [-0.15, -0.1) is 0 Å². The van der Waals surface area contributed by atoms with Gasteiger partial charge in [0.1, 0.15) is 24.7 Å². The van der Waals surface area contributed by atoms with E-state index >= 15 is 0 Å². The van der Waals surface area contributed by atoms with Crippen molar-refractivity contribution in [3.8, 4) is 11.5 Å². The van der Waals surface area contributed by atoms with Gasteiger partial charge in [0.2, 0.25) is 0 Å². The third-order valence-electron chi connectivity index (χ3n) is 5.29. The SMILES string of the molecule is C1CCOC1.Clc1cc(Br)cc(OCc2ccccc2)c1.O=S(=O)(Cl)c1cc(Cl)cc(OCc2ccccc2)c1. The van der Waals surface area contributed by atoms with Crippen LogP contribution in [0.5, 0.6) is 11.5 Å². The topological polar surface area (TPSA) is 61.8 Å². The molecule has 4 aromatic rings. The zero-order valence-corrected chi connectivity index (χ0v) is 26.1. The van der Waals surface area contributed by atoms with Gasteiger partial charge in [0, 0.05) is 44.5 Å². The van der Waals surface area contributed by atoms with Crippen LogP contribution < -0.4 is 9.47 Å². The number of halogens is 4. The highest BCUT2D eigenvalue weighted by Crippen LogP contribution is 2.27. The van der Waals surface area contributed by atoms with E-state index in [2.05, 4.69) is 15.9 Å². The average Bonchev–Trinajstić information content (AvgIpc) is 3.52. The van der Waals surface area contributed by atoms with Crippen LogP contribution in [0, 0.1) is 0 Å². The third-order valence-corrected chi connectivity index (χ3v) is 7.51. The fraction of sp³-hybridized carbons (Fsp3) is 0.200. The second-order valence-corrected chi connectivity index (χ2v) is 12.9. The van der Waals surface area contributed by atoms with Crippen molar-refractivity contribution in [2.75, 3.05) is 13.2 Å². The van der Waals surface area contributed by atoms with Gasteiger partial charge < -0.3 is 14.2 Å². The van der Waals surface area contributed by atoms with Gasteiger partial charge in [0.15, 0.2) is 0 Å². The molecule has 0 bridgehead atoms. The predicted octanol–water partition coefficient (Wildman–Crippen LogP) is 9.32. The van der Waals surface area contributed by atoms with Crippen LogP contribution in [0.3, 0.4) is 0 Å². The second-order valence-electron chi connectivity index (χ2n) is 8.53. The lowest BCUT2D eigenvalue weighted by Crippen LogP contribution is -1.97. The van der Waals surface area contributed by atoms with Crippen LogP contribution in [0.1, 0.15) is 24.0 Å². The van der Waals surface area contributed by atoms with Crippen LogP contribution in [-0.2, 0) is 27.0 Å². The Labute approximate surface area is 258 Å². The first kappa shape index (κ1) is 32.3. The van der Waals surface area contributed by atoms with Crippen LogP contribution in [0.25, 0.3) is 0 Å². The van der Waals surface area contributed by atoms with E-state index in [4.69, 9.17) is 48.1 Å². The molecule has 0 radical (unpaired) electrons. The van der Waals surface area contributed by atoms with Crippen molar-refractivity contribution in [2.24, 2.45) is 0 Å². The minimum atomic E-state index is -3.82. The lowest BCUT2D eigenvalue weighted by atomic mass is 10.2. The van der Waals surface area contributed by atoms with Crippen molar-refractivity contribution in [1.29, 1.82) is 0 Å². The summed E-state index contributed by atoms with van der Waals surface area (Å²) in [6, 6.07) is 29.2. The summed E-state index contributed by atoms with van der Waals surface area (Å²) < 4.78 is 39.5. The molecule has 0 unspecified atom stereocenters. The van der Waals surface area contributed by atoms with Gasteiger partial charge in [-0.1, -0.05) is 99.8 Å². The molecule has 40 heavy (non-hydrogen) atoms. The van der Waals surface area contributed by atoms with Crippen molar-refractivity contribution in [1.82, 2.24) is 0 Å². The molecule has 1 fully saturated rings. The zero-order chi connectivity index (χ0) is 28.8. The quantitative estimate of drug-likeness (QED) is 0.181. The maximum Gasteiger partial charge on any atom is 0.261 e. The highest BCUT2D eigenvalue weighted by Gasteiger charge is 2.13. The molecule has 212 valence electrons. The summed E-state index contributed by atoms with van der Waals surface area (Å²) in [5.74, 6) is 1.12. The number of benzene rings is 4. The smallest absolute Gasteiger partial charge is 0.261 e. The second kappa shape index (κ2) is 16.9. The molecule has 5 rings (SSSR count). The molecule has 0 atom stereocenters. The van der Waals surface area contributed by atoms with E-state index in [9.17, 15) is 8.42 Å². The minimum Gasteiger partial charge on any atom is -0.489 e. The van der Waals surface area contributed by atoms with E-state index in [0.717, 1.165) is 34.6 Å². The van der Waals surface area contributed by atoms with Gasteiger partial charge >= 0.3 is 0 Å². The van der Waals surface area contributed by atoms with Gasteiger partial charge in [-0.2, -0.15) is 0 Å². The molecular weight excluding hydrogens is 659 g/mol. The maximum absolute atomic E-state index is 11.3. The lowest BCUT2D eigenvalue weighted by molar-refractivity contribution is 0.198. The van der Waals surface area contributed by atoms with E-state index in [1.165, 1.54) is 31.0 Å². The summed E-state index contributed by atoms with van der Waals surface area (Å²) in [5.41, 5.74) is 2.11. The van der Waals surface area contributed by atoms with E-state index in [0.29, 0.717) is 24.0 Å². The Bertz CT molecular complexity index is 1410. The Morgan fingerprint density at radius 2 is 1.18 bits per heavy atom. The number of hydrogen-bond donors (Lipinski definition) is 0. The van der Waals surface area contributed by atoms with E-state index in [1.807, 2.05) is 72.8 Å². The molecule has 0 aliphatic carbocycles. The maximum atomic E-state index is 11.3. The predicted molar refractivity (Wildman–Crippen MR) is 165 cm³/mol. The van der Waals surface area contributed by atoms with Gasteiger partial charge in [0.05, 0.1) is 4.90 Å². The largest absolute Gasteiger partial charge is 0.489 e. The van der Waals surface area contributed by atoms with E-state index in [-0.39, 0.29) is 9.92 Å². The zero-order valence-electron chi connectivity index (χ0n) is 21.4. The van der Waals surface area contributed by atoms with Gasteiger partial charge in [-0.25, -0.2) is 8.42 Å². The van der Waals surface area contributed by atoms with Crippen molar-refractivity contribution in [3.63, 3.8) is 0 Å². The molecule has 4 aromatic carbocycles. The Hall–Kier alpha value is -2.26. The van der Waals surface area contributed by atoms with Crippen LogP contribution in [0.4, 0.5) is 0 Å². The normalized spacial score (nSPS) is 12.4. The molecule has 10 heteroatoms. The highest BCUT2D eigenvalue weighted by molar-refractivity contribution is 9.10. The Kier molecular flexibility index (Phi) is 13.6. The fourth-order valence-corrected chi connectivity index (χ4v) is 5.28. The van der Waals surface area contributed by atoms with Gasteiger partial charge in [0.25, 0.3) is 9.05 Å². The van der Waals surface area contributed by atoms with Crippen molar-refractivity contribution in [2.45, 2.75) is 31.0 Å². The van der Waals surface area contributed by atoms with E-state index < -0.39 is 9.05 Å². The first-order valence-electron chi connectivity index (χ1n) is 12.3. The molecule has 1 aliphatic rings. The Balaban J connectivity index is 0.000000189. The van der Waals surface area contributed by atoms with Crippen molar-refractivity contribution in [3.05, 3.63) is 123 Å². The average molecular weight is 687 g/mol. The molecule has 1 aliphatic heterocycles. The molecule has 0 spiro atoms. The summed E-state index contributed by atoms with van der Waals surface area (Å²) >= 11 is 15.1. The van der Waals surface area contributed by atoms with Gasteiger partial charge in [-0.05, 0) is 54.3 Å². The van der Waals surface area contributed by atoms with Crippen LogP contribution >= 0.6 is 49.8 Å². The summed E-state index contributed by atoms with van der Waals surface area (Å²) in [6.07, 6.45) is 2.56. The molecule has 0 amide bonds. The van der Waals surface area contributed by atoms with Crippen LogP contribution in [0.2, 0.25) is 10.0 Å². The third kappa shape index (κ3) is 12.5. The molecule has 1 heterocycles. The number of hydrogen-bond acceptors (Lipinski definition) is 5. The molecule has 0 N–H and O–H groups in total. The highest BCUT2D eigenvalue weighted by atomic mass is 79.9. The molecule has 1 saturated heterocycles. The summed E-state index contributed by atoms with van der Waals surface area (Å²) in [6.45, 7) is 2.87. The molecule has 0 aromatic heterocycles. The first-order valence-corrected chi connectivity index (χ1v) is 16.2. The van der Waals surface area contributed by atoms with Crippen molar-refractivity contribution >= 4 is 58.9 Å². The van der Waals surface area contributed by atoms with Gasteiger partial charge in [-0.3, -0.25) is 0 Å². The van der Waals surface area contributed by atoms with Crippen molar-refractivity contribution < 1.29 is 22.6 Å². The number of ether oxygens (including phenoxy) is 3. The summed E-state index contributed by atoms with van der Waals surface area (Å²) in [5, 5.41) is 0.919. The minimum absolute atomic E-state index is 0.0790. The standard InChI is InChI=1S/C13H10BrClO.C13H10Cl2O3S.C4H8O/c14-11-6-12(15)8-13(7-11)16-9-10-4-2-1-3-5-10;14-11-6-12(8-13(7-11)19(15,16)17)18-9-10-4-2-1-3-5-10;1-2-4-5-3-1/h1-8H,9H2;1-8H,9H2;1-4H2. The molecular formula is C30H28BrCl3O5S. The summed E-state index contributed by atoms with van der Waals surface area (Å²) in [7, 11) is 1.45. The molecule has 5 nitrogen and oxygen atoms in total.